The molecule has 0 amide bonds. The van der Waals surface area contributed by atoms with Gasteiger partial charge in [-0.15, -0.1) is 11.6 Å². The molecule has 0 aromatic heterocycles. The van der Waals surface area contributed by atoms with Crippen LogP contribution in [-0.4, -0.2) is 40.3 Å². The van der Waals surface area contributed by atoms with E-state index in [1.165, 1.54) is 0 Å². The minimum absolute atomic E-state index is 0.328. The topological polar surface area (TPSA) is 30.9 Å². The molecule has 1 rings (SSSR count). The highest BCUT2D eigenvalue weighted by Gasteiger charge is 2.22. The average Bonchev–Trinajstić information content (AvgIpc) is 2.35. The molecule has 0 aliphatic rings. The minimum Gasteiger partial charge on any atom is -0.496 e. The van der Waals surface area contributed by atoms with Crippen LogP contribution in [0.2, 0.25) is 0 Å². The SMILES string of the molecule is COc1cc(OC)c(C(Cl)N(C)C)c(OC)c1. The van der Waals surface area contributed by atoms with Crippen molar-refractivity contribution in [1.82, 2.24) is 4.90 Å². The Kier molecular flexibility index (Phi) is 4.90. The number of benzene rings is 1. The fraction of sp³-hybridized carbons (Fsp3) is 0.500. The van der Waals surface area contributed by atoms with E-state index in [0.29, 0.717) is 17.2 Å². The predicted molar refractivity (Wildman–Crippen MR) is 68.4 cm³/mol. The van der Waals surface area contributed by atoms with Crippen molar-refractivity contribution in [2.45, 2.75) is 5.50 Å². The molecule has 0 spiro atoms. The Labute approximate surface area is 107 Å². The van der Waals surface area contributed by atoms with Gasteiger partial charge in [0.15, 0.2) is 0 Å². The van der Waals surface area contributed by atoms with Crippen molar-refractivity contribution in [2.75, 3.05) is 35.4 Å². The van der Waals surface area contributed by atoms with Gasteiger partial charge in [0, 0.05) is 12.1 Å². The van der Waals surface area contributed by atoms with E-state index in [0.717, 1.165) is 5.56 Å². The first-order valence-electron chi connectivity index (χ1n) is 5.15. The number of nitrogens with zero attached hydrogens (tertiary/aromatic N) is 1. The van der Waals surface area contributed by atoms with Crippen LogP contribution < -0.4 is 14.2 Å². The van der Waals surface area contributed by atoms with Crippen LogP contribution in [0.15, 0.2) is 12.1 Å². The second kappa shape index (κ2) is 5.98. The zero-order valence-corrected chi connectivity index (χ0v) is 11.5. The number of hydrogen-bond donors (Lipinski definition) is 0. The summed E-state index contributed by atoms with van der Waals surface area (Å²) in [4.78, 5) is 1.87. The van der Waals surface area contributed by atoms with Gasteiger partial charge in [-0.2, -0.15) is 0 Å². The lowest BCUT2D eigenvalue weighted by molar-refractivity contribution is 0.333. The van der Waals surface area contributed by atoms with Gasteiger partial charge in [-0.05, 0) is 14.1 Å². The van der Waals surface area contributed by atoms with Gasteiger partial charge in [0.05, 0.1) is 26.9 Å². The molecule has 0 bridgehead atoms. The van der Waals surface area contributed by atoms with E-state index >= 15 is 0 Å². The second-order valence-electron chi connectivity index (χ2n) is 3.75. The van der Waals surface area contributed by atoms with E-state index in [-0.39, 0.29) is 5.50 Å². The first-order chi connectivity index (χ1) is 8.04. The third kappa shape index (κ3) is 2.96. The van der Waals surface area contributed by atoms with Gasteiger partial charge < -0.3 is 14.2 Å². The van der Waals surface area contributed by atoms with Gasteiger partial charge in [0.2, 0.25) is 0 Å². The number of hydrogen-bond acceptors (Lipinski definition) is 4. The summed E-state index contributed by atoms with van der Waals surface area (Å²) in [6.45, 7) is 0. The molecular formula is C12H18ClNO3. The molecule has 1 atom stereocenters. The van der Waals surface area contributed by atoms with Gasteiger partial charge >= 0.3 is 0 Å². The molecule has 0 fully saturated rings. The molecule has 96 valence electrons. The first kappa shape index (κ1) is 13.9. The molecule has 0 saturated carbocycles. The van der Waals surface area contributed by atoms with Crippen molar-refractivity contribution >= 4 is 11.6 Å². The van der Waals surface area contributed by atoms with Crippen LogP contribution in [0.4, 0.5) is 0 Å². The summed E-state index contributed by atoms with van der Waals surface area (Å²) in [5, 5.41) is 0. The van der Waals surface area contributed by atoms with E-state index in [2.05, 4.69) is 0 Å². The second-order valence-corrected chi connectivity index (χ2v) is 4.16. The third-order valence-corrected chi connectivity index (χ3v) is 3.05. The summed E-state index contributed by atoms with van der Waals surface area (Å²) in [5.41, 5.74) is 0.466. The summed E-state index contributed by atoms with van der Waals surface area (Å²) in [6.07, 6.45) is 0. The summed E-state index contributed by atoms with van der Waals surface area (Å²) in [5.74, 6) is 1.97. The lowest BCUT2D eigenvalue weighted by Crippen LogP contribution is -2.16. The smallest absolute Gasteiger partial charge is 0.132 e. The Morgan fingerprint density at radius 3 is 1.76 bits per heavy atom. The molecule has 0 aliphatic carbocycles. The number of ether oxygens (including phenoxy) is 3. The van der Waals surface area contributed by atoms with Gasteiger partial charge in [0.25, 0.3) is 0 Å². The normalized spacial score (nSPS) is 12.4. The Bertz CT molecular complexity index is 357. The maximum Gasteiger partial charge on any atom is 0.132 e. The third-order valence-electron chi connectivity index (χ3n) is 2.44. The van der Waals surface area contributed by atoms with Crippen LogP contribution in [0.3, 0.4) is 0 Å². The number of rotatable bonds is 5. The number of alkyl halides is 1. The largest absolute Gasteiger partial charge is 0.496 e. The van der Waals surface area contributed by atoms with Crippen molar-refractivity contribution in [3.05, 3.63) is 17.7 Å². The molecule has 0 radical (unpaired) electrons. The van der Waals surface area contributed by atoms with Gasteiger partial charge in [-0.25, -0.2) is 0 Å². The van der Waals surface area contributed by atoms with Crippen LogP contribution in [-0.2, 0) is 0 Å². The molecule has 0 heterocycles. The van der Waals surface area contributed by atoms with Gasteiger partial charge in [-0.3, -0.25) is 4.90 Å². The van der Waals surface area contributed by atoms with Crippen LogP contribution >= 0.6 is 11.6 Å². The van der Waals surface area contributed by atoms with Crippen molar-refractivity contribution < 1.29 is 14.2 Å². The Morgan fingerprint density at radius 2 is 1.47 bits per heavy atom. The summed E-state index contributed by atoms with van der Waals surface area (Å²) >= 11 is 6.33. The fourth-order valence-corrected chi connectivity index (χ4v) is 1.74. The molecule has 1 aromatic rings. The van der Waals surface area contributed by atoms with Crippen LogP contribution in [0.5, 0.6) is 17.2 Å². The number of halogens is 1. The maximum atomic E-state index is 6.33. The van der Waals surface area contributed by atoms with E-state index in [1.54, 1.807) is 33.5 Å². The molecule has 0 N–H and O–H groups in total. The molecule has 0 aliphatic heterocycles. The Hall–Kier alpha value is -1.13. The van der Waals surface area contributed by atoms with E-state index in [9.17, 15) is 0 Å². The molecule has 0 saturated heterocycles. The molecule has 17 heavy (non-hydrogen) atoms. The van der Waals surface area contributed by atoms with E-state index < -0.39 is 0 Å². The van der Waals surface area contributed by atoms with Gasteiger partial charge in [0.1, 0.15) is 22.7 Å². The highest BCUT2D eigenvalue weighted by molar-refractivity contribution is 6.21. The zero-order chi connectivity index (χ0) is 13.0. The first-order valence-corrected chi connectivity index (χ1v) is 5.59. The summed E-state index contributed by atoms with van der Waals surface area (Å²) in [6, 6.07) is 3.58. The zero-order valence-electron chi connectivity index (χ0n) is 10.8. The monoisotopic (exact) mass is 259 g/mol. The van der Waals surface area contributed by atoms with E-state index in [4.69, 9.17) is 25.8 Å². The van der Waals surface area contributed by atoms with Crippen LogP contribution in [0.1, 0.15) is 11.1 Å². The molecule has 1 unspecified atom stereocenters. The van der Waals surface area contributed by atoms with Gasteiger partial charge in [-0.1, -0.05) is 0 Å². The van der Waals surface area contributed by atoms with Crippen molar-refractivity contribution in [3.63, 3.8) is 0 Å². The average molecular weight is 260 g/mol. The van der Waals surface area contributed by atoms with Crippen molar-refractivity contribution in [3.8, 4) is 17.2 Å². The highest BCUT2D eigenvalue weighted by Crippen LogP contribution is 2.41. The Morgan fingerprint density at radius 1 is 1.00 bits per heavy atom. The molecule has 1 aromatic carbocycles. The molecule has 4 nitrogen and oxygen atoms in total. The lowest BCUT2D eigenvalue weighted by Gasteiger charge is -2.23. The number of methoxy groups -OCH3 is 3. The highest BCUT2D eigenvalue weighted by atomic mass is 35.5. The van der Waals surface area contributed by atoms with Crippen LogP contribution in [0, 0.1) is 0 Å². The van der Waals surface area contributed by atoms with Crippen molar-refractivity contribution in [1.29, 1.82) is 0 Å². The summed E-state index contributed by atoms with van der Waals surface area (Å²) in [7, 11) is 8.56. The summed E-state index contributed by atoms with van der Waals surface area (Å²) < 4.78 is 15.8. The lowest BCUT2D eigenvalue weighted by atomic mass is 10.1. The van der Waals surface area contributed by atoms with E-state index in [1.807, 2.05) is 19.0 Å². The van der Waals surface area contributed by atoms with Crippen molar-refractivity contribution in [2.24, 2.45) is 0 Å². The predicted octanol–water partition coefficient (Wildman–Crippen LogP) is 2.51. The maximum absolute atomic E-state index is 6.33. The fourth-order valence-electron chi connectivity index (χ4n) is 1.53. The Balaban J connectivity index is 3.34. The molecule has 5 heteroatoms. The quantitative estimate of drug-likeness (QED) is 0.601. The minimum atomic E-state index is -0.328. The molecular weight excluding hydrogens is 242 g/mol. The standard InChI is InChI=1S/C12H18ClNO3/c1-14(2)12(13)11-9(16-4)6-8(15-3)7-10(11)17-5/h6-7,12H,1-5H3. The van der Waals surface area contributed by atoms with Crippen LogP contribution in [0.25, 0.3) is 0 Å².